The Morgan fingerprint density at radius 3 is 2.43 bits per heavy atom. The molecule has 0 saturated heterocycles. The molecule has 23 heavy (non-hydrogen) atoms. The van der Waals surface area contributed by atoms with Gasteiger partial charge in [0.15, 0.2) is 0 Å². The van der Waals surface area contributed by atoms with Crippen molar-refractivity contribution in [2.45, 2.75) is 4.90 Å². The number of benzene rings is 1. The maximum absolute atomic E-state index is 11.7. The lowest BCUT2D eigenvalue weighted by molar-refractivity contribution is 0.252. The first kappa shape index (κ1) is 16.7. The first-order valence-corrected chi connectivity index (χ1v) is 8.32. The van der Waals surface area contributed by atoms with E-state index in [0.29, 0.717) is 18.8 Å². The predicted octanol–water partition coefficient (Wildman–Crippen LogP) is 0.963. The molecule has 2 rings (SSSR count). The molecule has 0 atom stereocenters. The molecule has 0 aliphatic heterocycles. The maximum atomic E-state index is 11.7. The Bertz CT molecular complexity index is 748. The smallest absolute Gasteiger partial charge is 0.319 e. The van der Waals surface area contributed by atoms with E-state index in [1.807, 2.05) is 18.2 Å². The number of pyridine rings is 1. The fourth-order valence-corrected chi connectivity index (χ4v) is 2.25. The van der Waals surface area contributed by atoms with Crippen LogP contribution in [0.1, 0.15) is 0 Å². The molecule has 9 heteroatoms. The Labute approximate surface area is 134 Å². The molecule has 0 aliphatic rings. The molecule has 1 heterocycles. The number of hydrogen-bond donors (Lipinski definition) is 4. The van der Waals surface area contributed by atoms with Crippen LogP contribution in [0, 0.1) is 0 Å². The van der Waals surface area contributed by atoms with Crippen molar-refractivity contribution in [3.05, 3.63) is 48.7 Å². The molecule has 0 spiro atoms. The number of nitrogens with one attached hydrogen (secondary N) is 3. The summed E-state index contributed by atoms with van der Waals surface area (Å²) in [5, 5.41) is 13.3. The van der Waals surface area contributed by atoms with Crippen molar-refractivity contribution in [1.29, 1.82) is 0 Å². The zero-order chi connectivity index (χ0) is 16.7. The fourth-order valence-electron chi connectivity index (χ4n) is 1.74. The molecule has 0 saturated carbocycles. The van der Waals surface area contributed by atoms with Crippen molar-refractivity contribution >= 4 is 27.6 Å². The molecule has 122 valence electrons. The third-order valence-electron chi connectivity index (χ3n) is 2.82. The first-order valence-electron chi connectivity index (χ1n) is 6.78. The van der Waals surface area contributed by atoms with Crippen LogP contribution in [0.25, 0.3) is 0 Å². The molecule has 1 aromatic carbocycles. The number of aromatic nitrogens is 1. The molecular weight excluding hydrogens is 318 g/mol. The molecule has 0 radical (unpaired) electrons. The zero-order valence-electron chi connectivity index (χ0n) is 12.2. The van der Waals surface area contributed by atoms with Gasteiger partial charge in [-0.05, 0) is 36.4 Å². The summed E-state index contributed by atoms with van der Waals surface area (Å²) in [7, 11) is -3.73. The van der Waals surface area contributed by atoms with Crippen LogP contribution in [-0.2, 0) is 10.0 Å². The van der Waals surface area contributed by atoms with E-state index in [2.05, 4.69) is 20.9 Å². The van der Waals surface area contributed by atoms with Gasteiger partial charge in [-0.25, -0.2) is 23.3 Å². The summed E-state index contributed by atoms with van der Waals surface area (Å²) in [5.74, 6) is 0.730. The number of hydrogen-bond acceptors (Lipinski definition) is 5. The van der Waals surface area contributed by atoms with E-state index in [9.17, 15) is 13.2 Å². The van der Waals surface area contributed by atoms with Crippen LogP contribution in [0.2, 0.25) is 0 Å². The summed E-state index contributed by atoms with van der Waals surface area (Å²) >= 11 is 0. The first-order chi connectivity index (χ1) is 10.9. The second kappa shape index (κ2) is 7.56. The van der Waals surface area contributed by atoms with Crippen LogP contribution in [0.15, 0.2) is 53.6 Å². The molecule has 2 aromatic rings. The van der Waals surface area contributed by atoms with E-state index in [1.165, 1.54) is 24.3 Å². The fraction of sp³-hybridized carbons (Fsp3) is 0.143. The average Bonchev–Trinajstić information content (AvgIpc) is 2.52. The Balaban J connectivity index is 1.74. The lowest BCUT2D eigenvalue weighted by Crippen LogP contribution is -2.32. The van der Waals surface area contributed by atoms with Crippen molar-refractivity contribution in [1.82, 2.24) is 10.3 Å². The van der Waals surface area contributed by atoms with E-state index >= 15 is 0 Å². The second-order valence-electron chi connectivity index (χ2n) is 4.59. The van der Waals surface area contributed by atoms with Crippen LogP contribution in [0.4, 0.5) is 16.3 Å². The van der Waals surface area contributed by atoms with Gasteiger partial charge in [-0.3, -0.25) is 0 Å². The number of sulfonamides is 1. The molecule has 0 unspecified atom stereocenters. The highest BCUT2D eigenvalue weighted by Gasteiger charge is 2.07. The van der Waals surface area contributed by atoms with Crippen LogP contribution in [0.3, 0.4) is 0 Å². The van der Waals surface area contributed by atoms with Gasteiger partial charge in [-0.2, -0.15) is 0 Å². The number of primary sulfonamides is 1. The Hall–Kier alpha value is -2.65. The molecule has 2 amide bonds. The molecule has 5 N–H and O–H groups in total. The highest BCUT2D eigenvalue weighted by molar-refractivity contribution is 7.89. The molecule has 8 nitrogen and oxygen atoms in total. The largest absolute Gasteiger partial charge is 0.368 e. The lowest BCUT2D eigenvalue weighted by atomic mass is 10.3. The van der Waals surface area contributed by atoms with Gasteiger partial charge in [0, 0.05) is 25.0 Å². The SMILES string of the molecule is NS(=O)(=O)c1ccc(NC(=O)NCCNc2ccccn2)cc1. The number of amides is 2. The lowest BCUT2D eigenvalue weighted by Gasteiger charge is -2.09. The van der Waals surface area contributed by atoms with Crippen molar-refractivity contribution in [3.63, 3.8) is 0 Å². The minimum atomic E-state index is -3.73. The van der Waals surface area contributed by atoms with Crippen LogP contribution >= 0.6 is 0 Å². The number of nitrogens with two attached hydrogens (primary N) is 1. The van der Waals surface area contributed by atoms with E-state index in [1.54, 1.807) is 6.20 Å². The van der Waals surface area contributed by atoms with E-state index in [0.717, 1.165) is 5.82 Å². The monoisotopic (exact) mass is 335 g/mol. The quantitative estimate of drug-likeness (QED) is 0.585. The standard InChI is InChI=1S/C14H17N5O3S/c15-23(21,22)12-6-4-11(5-7-12)19-14(20)18-10-9-17-13-3-1-2-8-16-13/h1-8H,9-10H2,(H,16,17)(H2,15,21,22)(H2,18,19,20). The second-order valence-corrected chi connectivity index (χ2v) is 6.15. The number of carbonyl (C=O) groups is 1. The van der Waals surface area contributed by atoms with Gasteiger partial charge in [0.1, 0.15) is 5.82 Å². The van der Waals surface area contributed by atoms with Gasteiger partial charge in [-0.15, -0.1) is 0 Å². The highest BCUT2D eigenvalue weighted by Crippen LogP contribution is 2.12. The van der Waals surface area contributed by atoms with Crippen LogP contribution < -0.4 is 21.1 Å². The van der Waals surface area contributed by atoms with Crippen molar-refractivity contribution in [2.24, 2.45) is 5.14 Å². The van der Waals surface area contributed by atoms with Crippen molar-refractivity contribution in [2.75, 3.05) is 23.7 Å². The van der Waals surface area contributed by atoms with Gasteiger partial charge >= 0.3 is 6.03 Å². The van der Waals surface area contributed by atoms with E-state index < -0.39 is 16.1 Å². The summed E-state index contributed by atoms with van der Waals surface area (Å²) in [6.07, 6.45) is 1.67. The Morgan fingerprint density at radius 1 is 1.09 bits per heavy atom. The number of carbonyl (C=O) groups excluding carboxylic acids is 1. The maximum Gasteiger partial charge on any atom is 0.319 e. The number of rotatable bonds is 6. The number of urea groups is 1. The predicted molar refractivity (Wildman–Crippen MR) is 87.6 cm³/mol. The van der Waals surface area contributed by atoms with E-state index in [-0.39, 0.29) is 4.90 Å². The topological polar surface area (TPSA) is 126 Å². The minimum absolute atomic E-state index is 0.0111. The van der Waals surface area contributed by atoms with Crippen LogP contribution in [-0.4, -0.2) is 32.5 Å². The number of anilines is 2. The average molecular weight is 335 g/mol. The molecule has 0 bridgehead atoms. The molecule has 0 aliphatic carbocycles. The molecule has 1 aromatic heterocycles. The molecule has 0 fully saturated rings. The third-order valence-corrected chi connectivity index (χ3v) is 3.75. The minimum Gasteiger partial charge on any atom is -0.368 e. The summed E-state index contributed by atoms with van der Waals surface area (Å²) < 4.78 is 22.2. The third kappa shape index (κ3) is 5.57. The van der Waals surface area contributed by atoms with Crippen LogP contribution in [0.5, 0.6) is 0 Å². The van der Waals surface area contributed by atoms with Gasteiger partial charge in [0.2, 0.25) is 10.0 Å². The van der Waals surface area contributed by atoms with Gasteiger partial charge < -0.3 is 16.0 Å². The van der Waals surface area contributed by atoms with Crippen molar-refractivity contribution in [3.8, 4) is 0 Å². The van der Waals surface area contributed by atoms with Gasteiger partial charge in [-0.1, -0.05) is 6.07 Å². The summed E-state index contributed by atoms with van der Waals surface area (Å²) in [6.45, 7) is 0.923. The molecular formula is C14H17N5O3S. The highest BCUT2D eigenvalue weighted by atomic mass is 32.2. The number of nitrogens with zero attached hydrogens (tertiary/aromatic N) is 1. The summed E-state index contributed by atoms with van der Waals surface area (Å²) in [5.41, 5.74) is 0.465. The van der Waals surface area contributed by atoms with Gasteiger partial charge in [0.25, 0.3) is 0 Å². The summed E-state index contributed by atoms with van der Waals surface area (Å²) in [4.78, 5) is 15.8. The van der Waals surface area contributed by atoms with E-state index in [4.69, 9.17) is 5.14 Å². The summed E-state index contributed by atoms with van der Waals surface area (Å²) in [6, 6.07) is 10.7. The van der Waals surface area contributed by atoms with Crippen molar-refractivity contribution < 1.29 is 13.2 Å². The normalized spacial score (nSPS) is 10.8. The Morgan fingerprint density at radius 2 is 1.83 bits per heavy atom. The Kier molecular flexibility index (Phi) is 5.50. The zero-order valence-corrected chi connectivity index (χ0v) is 13.0. The van der Waals surface area contributed by atoms with Gasteiger partial charge in [0.05, 0.1) is 4.90 Å².